The van der Waals surface area contributed by atoms with Crippen molar-refractivity contribution in [1.29, 1.82) is 0 Å². The van der Waals surface area contributed by atoms with Crippen LogP contribution in [0.4, 0.5) is 0 Å². The Morgan fingerprint density at radius 1 is 0.750 bits per heavy atom. The number of hydrogen-bond donors (Lipinski definition) is 0. The predicted octanol–water partition coefficient (Wildman–Crippen LogP) is 6.02. The average molecular weight is 504 g/mol. The molecule has 4 aliphatic rings. The first-order valence-electron chi connectivity index (χ1n) is 12.2. The first-order valence-corrected chi connectivity index (χ1v) is 13.4. The molecular weight excluding hydrogens is 463 g/mol. The normalized spacial score (nSPS) is 35.6. The Bertz CT molecular complexity index is 451. The van der Waals surface area contributed by atoms with Crippen molar-refractivity contribution in [2.24, 2.45) is 29.6 Å². The van der Waals surface area contributed by atoms with Crippen molar-refractivity contribution in [2.45, 2.75) is 93.7 Å². The summed E-state index contributed by atoms with van der Waals surface area (Å²) in [6.07, 6.45) is 16.1. The molecule has 3 saturated heterocycles. The molecule has 3 nitrogen and oxygen atoms in total. The van der Waals surface area contributed by atoms with Crippen LogP contribution in [0.3, 0.4) is 0 Å². The zero-order valence-corrected chi connectivity index (χ0v) is 20.0. The van der Waals surface area contributed by atoms with Crippen LogP contribution in [-0.2, 0) is 14.2 Å². The van der Waals surface area contributed by atoms with E-state index in [1.54, 1.807) is 0 Å². The zero-order valence-electron chi connectivity index (χ0n) is 17.8. The Labute approximate surface area is 186 Å². The average Bonchev–Trinajstić information content (AvgIpc) is 3.42. The lowest BCUT2D eigenvalue weighted by Crippen LogP contribution is -2.37. The molecule has 1 aliphatic carbocycles. The molecule has 4 fully saturated rings. The van der Waals surface area contributed by atoms with Gasteiger partial charge >= 0.3 is 0 Å². The SMILES string of the molecule is C[C@H](C[C@H](C[C@H](CC(I)C1CCO1)C1CCCC1)C1CCOC1)C1CCCO1. The van der Waals surface area contributed by atoms with E-state index in [1.807, 2.05) is 0 Å². The van der Waals surface area contributed by atoms with Gasteiger partial charge in [-0.15, -0.1) is 0 Å². The van der Waals surface area contributed by atoms with Crippen molar-refractivity contribution >= 4 is 22.6 Å². The molecule has 0 aromatic heterocycles. The quantitative estimate of drug-likeness (QED) is 0.269. The van der Waals surface area contributed by atoms with Gasteiger partial charge in [0.05, 0.1) is 12.2 Å². The van der Waals surface area contributed by atoms with Crippen molar-refractivity contribution in [2.75, 3.05) is 26.4 Å². The van der Waals surface area contributed by atoms with Crippen LogP contribution in [0, 0.1) is 29.6 Å². The van der Waals surface area contributed by atoms with Crippen molar-refractivity contribution < 1.29 is 14.2 Å². The summed E-state index contributed by atoms with van der Waals surface area (Å²) < 4.78 is 18.4. The molecule has 0 bridgehead atoms. The van der Waals surface area contributed by atoms with Gasteiger partial charge in [0.25, 0.3) is 0 Å². The van der Waals surface area contributed by atoms with Crippen LogP contribution in [0.25, 0.3) is 0 Å². The van der Waals surface area contributed by atoms with Gasteiger partial charge in [-0.1, -0.05) is 55.2 Å². The Hall–Kier alpha value is 0.610. The summed E-state index contributed by atoms with van der Waals surface area (Å²) in [6.45, 7) is 6.40. The number of rotatable bonds is 10. The van der Waals surface area contributed by atoms with Crippen LogP contribution in [0.5, 0.6) is 0 Å². The van der Waals surface area contributed by atoms with Gasteiger partial charge in [-0.2, -0.15) is 0 Å². The maximum Gasteiger partial charge on any atom is 0.0714 e. The molecule has 4 heteroatoms. The number of ether oxygens (including phenoxy) is 3. The lowest BCUT2D eigenvalue weighted by molar-refractivity contribution is -0.0520. The lowest BCUT2D eigenvalue weighted by atomic mass is 9.72. The molecule has 3 aliphatic heterocycles. The molecule has 4 unspecified atom stereocenters. The molecule has 4 rings (SSSR count). The second-order valence-electron chi connectivity index (χ2n) is 10.1. The van der Waals surface area contributed by atoms with Crippen molar-refractivity contribution in [3.8, 4) is 0 Å². The van der Waals surface area contributed by atoms with Gasteiger partial charge in [-0.05, 0) is 74.5 Å². The molecular formula is C24H41IO3. The Kier molecular flexibility index (Phi) is 8.39. The summed E-state index contributed by atoms with van der Waals surface area (Å²) in [6, 6.07) is 0. The fourth-order valence-electron chi connectivity index (χ4n) is 6.37. The molecule has 162 valence electrons. The van der Waals surface area contributed by atoms with Gasteiger partial charge in [0, 0.05) is 30.4 Å². The molecule has 0 N–H and O–H groups in total. The highest BCUT2D eigenvalue weighted by molar-refractivity contribution is 14.1. The minimum Gasteiger partial charge on any atom is -0.381 e. The predicted molar refractivity (Wildman–Crippen MR) is 122 cm³/mol. The van der Waals surface area contributed by atoms with Crippen molar-refractivity contribution in [1.82, 2.24) is 0 Å². The van der Waals surface area contributed by atoms with Crippen LogP contribution in [-0.4, -0.2) is 42.6 Å². The van der Waals surface area contributed by atoms with E-state index in [1.165, 1.54) is 70.6 Å². The molecule has 0 spiro atoms. The third kappa shape index (κ3) is 5.64. The van der Waals surface area contributed by atoms with Gasteiger partial charge in [-0.25, -0.2) is 0 Å². The highest BCUT2D eigenvalue weighted by Crippen LogP contribution is 2.43. The highest BCUT2D eigenvalue weighted by Gasteiger charge is 2.37. The van der Waals surface area contributed by atoms with Crippen molar-refractivity contribution in [3.05, 3.63) is 0 Å². The van der Waals surface area contributed by atoms with Crippen LogP contribution < -0.4 is 0 Å². The summed E-state index contributed by atoms with van der Waals surface area (Å²) >= 11 is 2.70. The summed E-state index contributed by atoms with van der Waals surface area (Å²) in [4.78, 5) is 0. The molecule has 7 atom stereocenters. The smallest absolute Gasteiger partial charge is 0.0714 e. The minimum absolute atomic E-state index is 0.510. The van der Waals surface area contributed by atoms with Crippen LogP contribution in [0.2, 0.25) is 0 Å². The molecule has 28 heavy (non-hydrogen) atoms. The minimum atomic E-state index is 0.510. The van der Waals surface area contributed by atoms with Gasteiger partial charge in [-0.3, -0.25) is 0 Å². The Morgan fingerprint density at radius 3 is 2.11 bits per heavy atom. The van der Waals surface area contributed by atoms with Gasteiger partial charge in [0.1, 0.15) is 0 Å². The van der Waals surface area contributed by atoms with Gasteiger partial charge in [0.2, 0.25) is 0 Å². The van der Waals surface area contributed by atoms with Crippen molar-refractivity contribution in [3.63, 3.8) is 0 Å². The van der Waals surface area contributed by atoms with E-state index in [0.717, 1.165) is 50.1 Å². The Balaban J connectivity index is 1.41. The number of halogens is 1. The third-order valence-electron chi connectivity index (χ3n) is 8.24. The maximum atomic E-state index is 6.05. The van der Waals surface area contributed by atoms with E-state index in [9.17, 15) is 0 Å². The topological polar surface area (TPSA) is 27.7 Å². The fraction of sp³-hybridized carbons (Fsp3) is 1.00. The second-order valence-corrected chi connectivity index (χ2v) is 11.7. The monoisotopic (exact) mass is 504 g/mol. The van der Waals surface area contributed by atoms with E-state index in [0.29, 0.717) is 22.1 Å². The largest absolute Gasteiger partial charge is 0.381 e. The van der Waals surface area contributed by atoms with Crippen LogP contribution >= 0.6 is 22.6 Å². The van der Waals surface area contributed by atoms with E-state index in [-0.39, 0.29) is 0 Å². The Morgan fingerprint density at radius 2 is 1.50 bits per heavy atom. The first-order chi connectivity index (χ1) is 13.7. The van der Waals surface area contributed by atoms with Crippen LogP contribution in [0.15, 0.2) is 0 Å². The van der Waals surface area contributed by atoms with E-state index in [4.69, 9.17) is 14.2 Å². The van der Waals surface area contributed by atoms with Gasteiger partial charge in [0.15, 0.2) is 0 Å². The summed E-state index contributed by atoms with van der Waals surface area (Å²) in [7, 11) is 0. The van der Waals surface area contributed by atoms with E-state index < -0.39 is 0 Å². The molecule has 0 radical (unpaired) electrons. The molecule has 3 heterocycles. The first kappa shape index (κ1) is 21.8. The summed E-state index contributed by atoms with van der Waals surface area (Å²) in [5.74, 6) is 4.14. The molecule has 0 aromatic rings. The maximum absolute atomic E-state index is 6.05. The third-order valence-corrected chi connectivity index (χ3v) is 9.55. The van der Waals surface area contributed by atoms with E-state index >= 15 is 0 Å². The second kappa shape index (κ2) is 10.8. The standard InChI is InChI=1S/C24H41IO3/c1-17(23-7-4-10-27-23)13-20(19-8-11-26-16-19)14-21(18-5-2-3-6-18)15-22(25)24-9-12-28-24/h17-24H,2-16H2,1H3/t17-,19?,20-,21-,22?,23?,24?/m1/s1. The molecule has 0 amide bonds. The number of alkyl halides is 1. The fourth-order valence-corrected chi connectivity index (χ4v) is 7.59. The highest BCUT2D eigenvalue weighted by atomic mass is 127. The zero-order chi connectivity index (χ0) is 19.3. The molecule has 1 saturated carbocycles. The van der Waals surface area contributed by atoms with Crippen LogP contribution in [0.1, 0.15) is 77.6 Å². The summed E-state index contributed by atoms with van der Waals surface area (Å²) in [5, 5.41) is 0. The number of hydrogen-bond acceptors (Lipinski definition) is 3. The van der Waals surface area contributed by atoms with Gasteiger partial charge < -0.3 is 14.2 Å². The molecule has 0 aromatic carbocycles. The summed E-state index contributed by atoms with van der Waals surface area (Å²) in [5.41, 5.74) is 0. The lowest BCUT2D eigenvalue weighted by Gasteiger charge is -2.37. The van der Waals surface area contributed by atoms with E-state index in [2.05, 4.69) is 29.5 Å².